The van der Waals surface area contributed by atoms with Gasteiger partial charge in [0.1, 0.15) is 34.5 Å². The van der Waals surface area contributed by atoms with Crippen molar-refractivity contribution in [2.75, 3.05) is 48.4 Å². The highest BCUT2D eigenvalue weighted by Crippen LogP contribution is 2.36. The van der Waals surface area contributed by atoms with Crippen LogP contribution in [-0.4, -0.2) is 58.4 Å². The molecule has 0 radical (unpaired) electrons. The Bertz CT molecular complexity index is 925. The summed E-state index contributed by atoms with van der Waals surface area (Å²) in [5, 5.41) is 1.42. The highest BCUT2D eigenvalue weighted by molar-refractivity contribution is 7.88. The van der Waals surface area contributed by atoms with E-state index in [0.717, 1.165) is 0 Å². The van der Waals surface area contributed by atoms with Gasteiger partial charge in [0, 0.05) is 29.7 Å². The topological polar surface area (TPSA) is 89.5 Å². The first-order valence-corrected chi connectivity index (χ1v) is 11.1. The average Bonchev–Trinajstić information content (AvgIpc) is 2.84. The summed E-state index contributed by atoms with van der Waals surface area (Å²) in [6, 6.07) is 6.75. The zero-order chi connectivity index (χ0) is 24.4. The molecule has 0 saturated heterocycles. The average molecular weight is 477 g/mol. The highest BCUT2D eigenvalue weighted by Gasteiger charge is 2.13. The molecule has 0 N–H and O–H groups in total. The van der Waals surface area contributed by atoms with Gasteiger partial charge in [-0.15, -0.1) is 0 Å². The number of ketones is 1. The van der Waals surface area contributed by atoms with Crippen molar-refractivity contribution >= 4 is 28.7 Å². The van der Waals surface area contributed by atoms with Crippen LogP contribution in [0.4, 0.5) is 0 Å². The van der Waals surface area contributed by atoms with Crippen molar-refractivity contribution in [3.63, 3.8) is 0 Å². The second-order valence-electron chi connectivity index (χ2n) is 6.52. The molecule has 2 aromatic carbocycles. The fourth-order valence-electron chi connectivity index (χ4n) is 2.95. The van der Waals surface area contributed by atoms with Crippen LogP contribution >= 0.6 is 0 Å². The summed E-state index contributed by atoms with van der Waals surface area (Å²) in [5.41, 5.74) is 1.16. The monoisotopic (exact) mass is 476 g/mol. The SMILES string of the molecule is COc1cc(OC)c(/C=C/C(=O)CS(=O)/C=C/c2c(OC)cc(OC)cc2OC)c(OC)c1. The standard InChI is InChI=1S/C24H28O8S/c1-27-17-11-21(29-3)19(22(12-17)30-4)8-7-16(25)15-33(26)10-9-20-23(31-5)13-18(28-2)14-24(20)32-6/h7-14H,15H2,1-6H3/b8-7+,10-9+. The second kappa shape index (κ2) is 12.5. The van der Waals surface area contributed by atoms with Gasteiger partial charge in [0.05, 0.1) is 70.3 Å². The molecule has 9 heteroatoms. The van der Waals surface area contributed by atoms with Gasteiger partial charge in [-0.3, -0.25) is 9.00 Å². The summed E-state index contributed by atoms with van der Waals surface area (Å²) >= 11 is 0. The normalized spacial score (nSPS) is 11.9. The minimum Gasteiger partial charge on any atom is -0.496 e. The summed E-state index contributed by atoms with van der Waals surface area (Å²) in [5.74, 6) is 2.54. The lowest BCUT2D eigenvalue weighted by molar-refractivity contribution is -0.112. The Hall–Kier alpha value is -3.46. The number of hydrogen-bond acceptors (Lipinski definition) is 8. The molecule has 0 aliphatic heterocycles. The number of hydrogen-bond donors (Lipinski definition) is 0. The maximum Gasteiger partial charge on any atom is 0.168 e. The number of carbonyl (C=O) groups excluding carboxylic acids is 1. The van der Waals surface area contributed by atoms with Crippen molar-refractivity contribution in [3.05, 3.63) is 46.9 Å². The number of allylic oxidation sites excluding steroid dienone is 1. The fraction of sp³-hybridized carbons (Fsp3) is 0.292. The van der Waals surface area contributed by atoms with E-state index in [9.17, 15) is 9.00 Å². The number of benzene rings is 2. The zero-order valence-electron chi connectivity index (χ0n) is 19.5. The van der Waals surface area contributed by atoms with Gasteiger partial charge < -0.3 is 28.4 Å². The molecule has 0 aliphatic rings. The molecule has 8 nitrogen and oxygen atoms in total. The molecule has 33 heavy (non-hydrogen) atoms. The molecule has 0 spiro atoms. The first-order valence-electron chi connectivity index (χ1n) is 9.77. The predicted octanol–water partition coefficient (Wildman–Crippen LogP) is 3.74. The molecule has 0 aliphatic carbocycles. The Morgan fingerprint density at radius 1 is 0.697 bits per heavy atom. The van der Waals surface area contributed by atoms with Crippen LogP contribution in [0.1, 0.15) is 11.1 Å². The Kier molecular flexibility index (Phi) is 9.81. The van der Waals surface area contributed by atoms with Gasteiger partial charge in [-0.2, -0.15) is 0 Å². The molecule has 0 amide bonds. The zero-order valence-corrected chi connectivity index (χ0v) is 20.3. The van der Waals surface area contributed by atoms with Crippen molar-refractivity contribution in [3.8, 4) is 34.5 Å². The third kappa shape index (κ3) is 6.76. The van der Waals surface area contributed by atoms with Crippen LogP contribution in [0.2, 0.25) is 0 Å². The fourth-order valence-corrected chi connectivity index (χ4v) is 3.71. The molecule has 0 saturated carbocycles. The van der Waals surface area contributed by atoms with E-state index in [1.54, 1.807) is 36.4 Å². The number of carbonyl (C=O) groups is 1. The van der Waals surface area contributed by atoms with Crippen LogP contribution in [0.3, 0.4) is 0 Å². The van der Waals surface area contributed by atoms with Gasteiger partial charge in [-0.1, -0.05) is 0 Å². The van der Waals surface area contributed by atoms with Gasteiger partial charge in [-0.05, 0) is 18.2 Å². The second-order valence-corrected chi connectivity index (χ2v) is 7.84. The Labute approximate surface area is 196 Å². The molecule has 0 fully saturated rings. The third-order valence-electron chi connectivity index (χ3n) is 4.61. The van der Waals surface area contributed by atoms with Crippen LogP contribution in [0, 0.1) is 0 Å². The van der Waals surface area contributed by atoms with Gasteiger partial charge in [0.2, 0.25) is 0 Å². The summed E-state index contributed by atoms with van der Waals surface area (Å²) in [4.78, 5) is 12.4. The summed E-state index contributed by atoms with van der Waals surface area (Å²) in [6.45, 7) is 0. The maximum atomic E-state index is 12.5. The lowest BCUT2D eigenvalue weighted by Crippen LogP contribution is -2.05. The van der Waals surface area contributed by atoms with E-state index in [1.165, 1.54) is 54.1 Å². The van der Waals surface area contributed by atoms with Crippen LogP contribution in [0.25, 0.3) is 12.2 Å². The van der Waals surface area contributed by atoms with E-state index in [2.05, 4.69) is 0 Å². The summed E-state index contributed by atoms with van der Waals surface area (Å²) in [7, 11) is 7.55. The van der Waals surface area contributed by atoms with Crippen LogP contribution < -0.4 is 28.4 Å². The molecule has 178 valence electrons. The first-order chi connectivity index (χ1) is 15.9. The van der Waals surface area contributed by atoms with Crippen molar-refractivity contribution in [1.82, 2.24) is 0 Å². The van der Waals surface area contributed by atoms with E-state index in [1.807, 2.05) is 0 Å². The van der Waals surface area contributed by atoms with Crippen molar-refractivity contribution < 1.29 is 37.4 Å². The maximum absolute atomic E-state index is 12.5. The largest absolute Gasteiger partial charge is 0.496 e. The molecule has 1 unspecified atom stereocenters. The molecule has 2 rings (SSSR count). The van der Waals surface area contributed by atoms with E-state index in [-0.39, 0.29) is 11.5 Å². The quantitative estimate of drug-likeness (QED) is 0.428. The summed E-state index contributed by atoms with van der Waals surface area (Å²) in [6.07, 6.45) is 4.50. The van der Waals surface area contributed by atoms with Gasteiger partial charge in [0.25, 0.3) is 0 Å². The van der Waals surface area contributed by atoms with E-state index in [4.69, 9.17) is 28.4 Å². The number of methoxy groups -OCH3 is 6. The van der Waals surface area contributed by atoms with Gasteiger partial charge >= 0.3 is 0 Å². The van der Waals surface area contributed by atoms with E-state index < -0.39 is 10.8 Å². The van der Waals surface area contributed by atoms with Gasteiger partial charge in [0.15, 0.2) is 5.78 Å². The molecule has 0 bridgehead atoms. The molecular weight excluding hydrogens is 448 g/mol. The minimum absolute atomic E-state index is 0.200. The Morgan fingerprint density at radius 2 is 1.09 bits per heavy atom. The molecular formula is C24H28O8S. The molecule has 0 aromatic heterocycles. The minimum atomic E-state index is -1.56. The van der Waals surface area contributed by atoms with Crippen molar-refractivity contribution in [1.29, 1.82) is 0 Å². The Morgan fingerprint density at radius 3 is 1.45 bits per heavy atom. The molecule has 0 heterocycles. The number of rotatable bonds is 12. The third-order valence-corrected chi connectivity index (χ3v) is 5.62. The van der Waals surface area contributed by atoms with E-state index >= 15 is 0 Å². The van der Waals surface area contributed by atoms with Crippen LogP contribution in [-0.2, 0) is 15.6 Å². The van der Waals surface area contributed by atoms with E-state index in [0.29, 0.717) is 45.6 Å². The molecule has 1 atom stereocenters. The lowest BCUT2D eigenvalue weighted by Gasteiger charge is -2.12. The predicted molar refractivity (Wildman–Crippen MR) is 128 cm³/mol. The van der Waals surface area contributed by atoms with Crippen molar-refractivity contribution in [2.45, 2.75) is 0 Å². The molecule has 2 aromatic rings. The summed E-state index contributed by atoms with van der Waals surface area (Å²) < 4.78 is 44.4. The first kappa shape index (κ1) is 25.8. The smallest absolute Gasteiger partial charge is 0.168 e. The van der Waals surface area contributed by atoms with Gasteiger partial charge in [-0.25, -0.2) is 0 Å². The lowest BCUT2D eigenvalue weighted by atomic mass is 10.1. The van der Waals surface area contributed by atoms with Crippen LogP contribution in [0.5, 0.6) is 34.5 Å². The Balaban J connectivity index is 2.18. The van der Waals surface area contributed by atoms with Crippen molar-refractivity contribution in [2.24, 2.45) is 0 Å². The van der Waals surface area contributed by atoms with Crippen LogP contribution in [0.15, 0.2) is 35.7 Å². The number of ether oxygens (including phenoxy) is 6. The highest BCUT2D eigenvalue weighted by atomic mass is 32.2.